The zero-order valence-corrected chi connectivity index (χ0v) is 5.89. The van der Waals surface area contributed by atoms with Gasteiger partial charge in [0.2, 0.25) is 5.91 Å². The van der Waals surface area contributed by atoms with E-state index in [-0.39, 0.29) is 5.91 Å². The summed E-state index contributed by atoms with van der Waals surface area (Å²) in [5, 5.41) is 3.16. The molecule has 0 bridgehead atoms. The van der Waals surface area contributed by atoms with Gasteiger partial charge < -0.3 is 11.1 Å². The smallest absolute Gasteiger partial charge is 0.221 e. The van der Waals surface area contributed by atoms with Crippen molar-refractivity contribution >= 4 is 5.91 Å². The Morgan fingerprint density at radius 3 is 3.10 bits per heavy atom. The van der Waals surface area contributed by atoms with Crippen LogP contribution in [-0.2, 0) is 4.79 Å². The Morgan fingerprint density at radius 1 is 1.80 bits per heavy atom. The van der Waals surface area contributed by atoms with Gasteiger partial charge in [0.15, 0.2) is 0 Å². The maximum absolute atomic E-state index is 10.4. The van der Waals surface area contributed by atoms with E-state index in [1.54, 1.807) is 0 Å². The molecule has 0 aliphatic carbocycles. The summed E-state index contributed by atoms with van der Waals surface area (Å²) < 4.78 is 0. The molecular formula is C7H12N2O. The fourth-order valence-electron chi connectivity index (χ4n) is 1.05. The van der Waals surface area contributed by atoms with Crippen LogP contribution in [0.25, 0.3) is 0 Å². The van der Waals surface area contributed by atoms with Crippen LogP contribution in [0.15, 0.2) is 11.6 Å². The van der Waals surface area contributed by atoms with E-state index in [2.05, 4.69) is 5.32 Å². The Balaban J connectivity index is 2.38. The first-order valence-electron chi connectivity index (χ1n) is 3.46. The first-order chi connectivity index (χ1) is 4.79. The van der Waals surface area contributed by atoms with E-state index in [1.807, 2.05) is 6.08 Å². The van der Waals surface area contributed by atoms with Crippen LogP contribution < -0.4 is 11.1 Å². The molecule has 1 amide bonds. The van der Waals surface area contributed by atoms with E-state index >= 15 is 0 Å². The van der Waals surface area contributed by atoms with Crippen molar-refractivity contribution in [2.24, 2.45) is 5.73 Å². The number of hydrogen-bond acceptors (Lipinski definition) is 2. The van der Waals surface area contributed by atoms with E-state index in [0.717, 1.165) is 19.5 Å². The Labute approximate surface area is 60.3 Å². The summed E-state index contributed by atoms with van der Waals surface area (Å²) in [6.07, 6.45) is 3.43. The van der Waals surface area contributed by atoms with Crippen molar-refractivity contribution in [1.82, 2.24) is 5.32 Å². The molecular weight excluding hydrogens is 128 g/mol. The number of rotatable bonds is 2. The van der Waals surface area contributed by atoms with Crippen molar-refractivity contribution in [2.75, 3.05) is 13.1 Å². The molecule has 0 spiro atoms. The van der Waals surface area contributed by atoms with Crippen molar-refractivity contribution in [2.45, 2.75) is 12.8 Å². The molecule has 0 radical (unpaired) electrons. The molecule has 0 atom stereocenters. The van der Waals surface area contributed by atoms with Crippen LogP contribution in [0.3, 0.4) is 0 Å². The molecule has 3 nitrogen and oxygen atoms in total. The Kier molecular flexibility index (Phi) is 2.45. The van der Waals surface area contributed by atoms with Crippen LogP contribution in [0.1, 0.15) is 12.8 Å². The van der Waals surface area contributed by atoms with Gasteiger partial charge in [-0.25, -0.2) is 0 Å². The topological polar surface area (TPSA) is 55.1 Å². The largest absolute Gasteiger partial charge is 0.369 e. The minimum Gasteiger partial charge on any atom is -0.369 e. The molecule has 0 saturated heterocycles. The van der Waals surface area contributed by atoms with Gasteiger partial charge in [0.1, 0.15) is 0 Å². The van der Waals surface area contributed by atoms with Crippen molar-refractivity contribution < 1.29 is 4.79 Å². The van der Waals surface area contributed by atoms with Gasteiger partial charge in [-0.1, -0.05) is 11.6 Å². The van der Waals surface area contributed by atoms with Gasteiger partial charge in [-0.2, -0.15) is 0 Å². The molecule has 56 valence electrons. The third kappa shape index (κ3) is 2.19. The summed E-state index contributed by atoms with van der Waals surface area (Å²) in [5.41, 5.74) is 6.20. The van der Waals surface area contributed by atoms with Gasteiger partial charge >= 0.3 is 0 Å². The normalized spacial score (nSPS) is 18.2. The fourth-order valence-corrected chi connectivity index (χ4v) is 1.05. The van der Waals surface area contributed by atoms with Crippen molar-refractivity contribution in [3.63, 3.8) is 0 Å². The van der Waals surface area contributed by atoms with Crippen LogP contribution in [0, 0.1) is 0 Å². The zero-order valence-electron chi connectivity index (χ0n) is 5.89. The highest BCUT2D eigenvalue weighted by atomic mass is 16.1. The van der Waals surface area contributed by atoms with Gasteiger partial charge in [-0.15, -0.1) is 0 Å². The van der Waals surface area contributed by atoms with E-state index in [4.69, 9.17) is 5.73 Å². The lowest BCUT2D eigenvalue weighted by Crippen LogP contribution is -2.22. The lowest BCUT2D eigenvalue weighted by atomic mass is 10.1. The molecule has 1 aliphatic heterocycles. The van der Waals surface area contributed by atoms with Gasteiger partial charge in [0.25, 0.3) is 0 Å². The molecule has 1 rings (SSSR count). The van der Waals surface area contributed by atoms with Crippen LogP contribution in [-0.4, -0.2) is 19.0 Å². The Hall–Kier alpha value is -0.830. The summed E-state index contributed by atoms with van der Waals surface area (Å²) in [4.78, 5) is 10.4. The van der Waals surface area contributed by atoms with Gasteiger partial charge in [0, 0.05) is 13.0 Å². The fraction of sp³-hybridized carbons (Fsp3) is 0.571. The summed E-state index contributed by atoms with van der Waals surface area (Å²) >= 11 is 0. The third-order valence-electron chi connectivity index (χ3n) is 1.56. The number of carbonyl (C=O) groups is 1. The van der Waals surface area contributed by atoms with Crippen molar-refractivity contribution in [1.29, 1.82) is 0 Å². The number of nitrogens with one attached hydrogen (secondary N) is 1. The molecule has 0 unspecified atom stereocenters. The maximum atomic E-state index is 10.4. The monoisotopic (exact) mass is 140 g/mol. The summed E-state index contributed by atoms with van der Waals surface area (Å²) in [6, 6.07) is 0. The summed E-state index contributed by atoms with van der Waals surface area (Å²) in [6.45, 7) is 1.85. The van der Waals surface area contributed by atoms with E-state index in [9.17, 15) is 4.79 Å². The number of carbonyl (C=O) groups excluding carboxylic acids is 1. The minimum absolute atomic E-state index is 0.229. The van der Waals surface area contributed by atoms with E-state index in [0.29, 0.717) is 6.42 Å². The number of amides is 1. The van der Waals surface area contributed by atoms with Gasteiger partial charge in [-0.05, 0) is 13.0 Å². The zero-order chi connectivity index (χ0) is 7.40. The predicted molar refractivity (Wildman–Crippen MR) is 39.4 cm³/mol. The SMILES string of the molecule is NC(=O)CC1=CCNCC1. The van der Waals surface area contributed by atoms with Crippen LogP contribution >= 0.6 is 0 Å². The predicted octanol–water partition coefficient (Wildman–Crippen LogP) is -0.219. The summed E-state index contributed by atoms with van der Waals surface area (Å²) in [5.74, 6) is -0.229. The van der Waals surface area contributed by atoms with Gasteiger partial charge in [0.05, 0.1) is 0 Å². The lowest BCUT2D eigenvalue weighted by molar-refractivity contribution is -0.117. The lowest BCUT2D eigenvalue weighted by Gasteiger charge is -2.11. The average Bonchev–Trinajstić information content (AvgIpc) is 1.88. The molecule has 1 aliphatic rings. The molecule has 10 heavy (non-hydrogen) atoms. The molecule has 1 heterocycles. The summed E-state index contributed by atoms with van der Waals surface area (Å²) in [7, 11) is 0. The third-order valence-corrected chi connectivity index (χ3v) is 1.56. The molecule has 0 fully saturated rings. The molecule has 0 aromatic rings. The van der Waals surface area contributed by atoms with E-state index < -0.39 is 0 Å². The van der Waals surface area contributed by atoms with Crippen LogP contribution in [0.4, 0.5) is 0 Å². The first-order valence-corrected chi connectivity index (χ1v) is 3.46. The highest BCUT2D eigenvalue weighted by molar-refractivity contribution is 5.76. The molecule has 0 saturated carbocycles. The molecule has 3 N–H and O–H groups in total. The van der Waals surface area contributed by atoms with Crippen LogP contribution in [0.2, 0.25) is 0 Å². The van der Waals surface area contributed by atoms with Gasteiger partial charge in [-0.3, -0.25) is 4.79 Å². The molecule has 3 heteroatoms. The standard InChI is InChI=1S/C7H12N2O/c8-7(10)5-6-1-3-9-4-2-6/h1,9H,2-5H2,(H2,8,10). The minimum atomic E-state index is -0.229. The number of nitrogens with two attached hydrogens (primary N) is 1. The number of primary amides is 1. The highest BCUT2D eigenvalue weighted by Gasteiger charge is 2.04. The van der Waals surface area contributed by atoms with Crippen LogP contribution in [0.5, 0.6) is 0 Å². The van der Waals surface area contributed by atoms with E-state index in [1.165, 1.54) is 5.57 Å². The quantitative estimate of drug-likeness (QED) is 0.521. The van der Waals surface area contributed by atoms with Crippen molar-refractivity contribution in [3.05, 3.63) is 11.6 Å². The molecule has 0 aromatic carbocycles. The second kappa shape index (κ2) is 3.37. The second-order valence-corrected chi connectivity index (χ2v) is 2.46. The Bertz CT molecular complexity index is 163. The first kappa shape index (κ1) is 7.28. The second-order valence-electron chi connectivity index (χ2n) is 2.46. The molecule has 0 aromatic heterocycles. The average molecular weight is 140 g/mol. The number of hydrogen-bond donors (Lipinski definition) is 2. The maximum Gasteiger partial charge on any atom is 0.221 e. The van der Waals surface area contributed by atoms with Crippen molar-refractivity contribution in [3.8, 4) is 0 Å². The Morgan fingerprint density at radius 2 is 2.60 bits per heavy atom. The highest BCUT2D eigenvalue weighted by Crippen LogP contribution is 2.07.